The van der Waals surface area contributed by atoms with Crippen LogP contribution in [0.25, 0.3) is 0 Å². The predicted octanol–water partition coefficient (Wildman–Crippen LogP) is 6.81. The molecule has 12 heteroatoms. The molecule has 2 atom stereocenters. The summed E-state index contributed by atoms with van der Waals surface area (Å²) in [5.41, 5.74) is 0. The first-order chi connectivity index (χ1) is 22.6. The lowest BCUT2D eigenvalue weighted by Gasteiger charge is -2.40. The molecule has 0 fully saturated rings. The zero-order chi connectivity index (χ0) is 35.7. The van der Waals surface area contributed by atoms with E-state index in [9.17, 15) is 0 Å². The molecular formula is C35H72O12. The molecule has 0 spiro atoms. The van der Waals surface area contributed by atoms with Crippen LogP contribution in [-0.4, -0.2) is 121 Å². The lowest BCUT2D eigenvalue weighted by atomic mass is 9.92. The Morgan fingerprint density at radius 1 is 0.298 bits per heavy atom. The largest absolute Gasteiger partial charge is 0.376 e. The van der Waals surface area contributed by atoms with Gasteiger partial charge in [-0.05, 0) is 32.1 Å². The average Bonchev–Trinajstić information content (AvgIpc) is 3.12. The van der Waals surface area contributed by atoms with E-state index in [4.69, 9.17) is 56.8 Å². The lowest BCUT2D eigenvalue weighted by molar-refractivity contribution is -0.355. The zero-order valence-corrected chi connectivity index (χ0v) is 32.1. The number of methoxy groups -OCH3 is 12. The van der Waals surface area contributed by atoms with Gasteiger partial charge >= 0.3 is 0 Å². The van der Waals surface area contributed by atoms with E-state index >= 15 is 0 Å². The molecule has 47 heavy (non-hydrogen) atoms. The number of unbranched alkanes of at least 4 members (excludes halogenated alkanes) is 8. The third kappa shape index (κ3) is 15.1. The van der Waals surface area contributed by atoms with Gasteiger partial charge in [0.2, 0.25) is 0 Å². The van der Waals surface area contributed by atoms with Crippen LogP contribution in [-0.2, 0) is 56.8 Å². The van der Waals surface area contributed by atoms with Crippen LogP contribution >= 0.6 is 0 Å². The van der Waals surface area contributed by atoms with Crippen molar-refractivity contribution in [2.45, 2.75) is 145 Å². The summed E-state index contributed by atoms with van der Waals surface area (Å²) in [7, 11) is 19.8. The van der Waals surface area contributed by atoms with Crippen LogP contribution in [0.2, 0.25) is 0 Å². The SMILES string of the molecule is COC(CCCCCCCC(OC)(OC)OC)C(CCCC(OC)(OC)C(CCCCCCCC(OC)(OC)OC)OC)(OC)OC. The molecule has 0 aromatic rings. The average molecular weight is 685 g/mol. The fraction of sp³-hybridized carbons (Fsp3) is 1.00. The van der Waals surface area contributed by atoms with Crippen molar-refractivity contribution < 1.29 is 56.8 Å². The summed E-state index contributed by atoms with van der Waals surface area (Å²) in [6.07, 6.45) is 14.9. The topological polar surface area (TPSA) is 111 Å². The van der Waals surface area contributed by atoms with E-state index in [-0.39, 0.29) is 12.2 Å². The van der Waals surface area contributed by atoms with Gasteiger partial charge in [0.1, 0.15) is 12.2 Å². The molecule has 0 rings (SSSR count). The van der Waals surface area contributed by atoms with Crippen LogP contribution in [0.5, 0.6) is 0 Å². The summed E-state index contributed by atoms with van der Waals surface area (Å²) in [5, 5.41) is 0. The van der Waals surface area contributed by atoms with Crippen LogP contribution in [0, 0.1) is 0 Å². The van der Waals surface area contributed by atoms with Gasteiger partial charge in [0, 0.05) is 111 Å². The van der Waals surface area contributed by atoms with E-state index in [2.05, 4.69) is 0 Å². The zero-order valence-electron chi connectivity index (χ0n) is 32.1. The second-order valence-corrected chi connectivity index (χ2v) is 11.9. The Bertz CT molecular complexity index is 634. The Hall–Kier alpha value is -0.480. The fourth-order valence-electron chi connectivity index (χ4n) is 6.55. The summed E-state index contributed by atoms with van der Waals surface area (Å²) in [6, 6.07) is 0. The summed E-state index contributed by atoms with van der Waals surface area (Å²) < 4.78 is 68.2. The third-order valence-corrected chi connectivity index (χ3v) is 9.75. The highest BCUT2D eigenvalue weighted by atomic mass is 16.9. The van der Waals surface area contributed by atoms with Crippen molar-refractivity contribution in [2.75, 3.05) is 85.3 Å². The van der Waals surface area contributed by atoms with Gasteiger partial charge in [-0.25, -0.2) is 0 Å². The third-order valence-electron chi connectivity index (χ3n) is 9.75. The molecular weight excluding hydrogens is 612 g/mol. The number of hydrogen-bond donors (Lipinski definition) is 0. The Morgan fingerprint density at radius 3 is 0.830 bits per heavy atom. The molecule has 0 aliphatic carbocycles. The van der Waals surface area contributed by atoms with Crippen molar-refractivity contribution in [3.8, 4) is 0 Å². The molecule has 284 valence electrons. The van der Waals surface area contributed by atoms with E-state index in [1.165, 1.54) is 0 Å². The van der Waals surface area contributed by atoms with Crippen LogP contribution in [0.15, 0.2) is 0 Å². The Balaban J connectivity index is 4.93. The van der Waals surface area contributed by atoms with Gasteiger partial charge in [-0.1, -0.05) is 51.4 Å². The van der Waals surface area contributed by atoms with Gasteiger partial charge in [-0.2, -0.15) is 0 Å². The molecule has 0 aromatic carbocycles. The molecule has 0 saturated heterocycles. The van der Waals surface area contributed by atoms with Gasteiger partial charge in [-0.15, -0.1) is 0 Å². The Morgan fingerprint density at radius 2 is 0.574 bits per heavy atom. The van der Waals surface area contributed by atoms with Gasteiger partial charge < -0.3 is 56.8 Å². The van der Waals surface area contributed by atoms with Crippen molar-refractivity contribution in [1.29, 1.82) is 0 Å². The van der Waals surface area contributed by atoms with Gasteiger partial charge in [0.25, 0.3) is 11.9 Å². The Labute approximate surface area is 287 Å². The second-order valence-electron chi connectivity index (χ2n) is 11.9. The van der Waals surface area contributed by atoms with Crippen molar-refractivity contribution in [2.24, 2.45) is 0 Å². The van der Waals surface area contributed by atoms with Gasteiger partial charge in [0.15, 0.2) is 11.6 Å². The fourth-order valence-corrected chi connectivity index (χ4v) is 6.55. The molecule has 0 radical (unpaired) electrons. The molecule has 0 aliphatic rings. The smallest absolute Gasteiger partial charge is 0.282 e. The minimum Gasteiger partial charge on any atom is -0.376 e. The molecule has 12 nitrogen and oxygen atoms in total. The standard InChI is InChI=1S/C35H72O12/c1-36-30(24-19-15-13-17-21-28-34(42-7,43-8)44-9)32(38-3,39-4)26-23-27-33(40-5,41-6)31(37-2)25-20-16-14-18-22-29-35(45-10,46-11)47-12/h30-31H,13-29H2,1-12H3. The first-order valence-corrected chi connectivity index (χ1v) is 17.2. The molecule has 0 saturated carbocycles. The molecule has 2 unspecified atom stereocenters. The van der Waals surface area contributed by atoms with Crippen molar-refractivity contribution in [1.82, 2.24) is 0 Å². The Kier molecular flexibility index (Phi) is 26.1. The maximum Gasteiger partial charge on any atom is 0.282 e. The van der Waals surface area contributed by atoms with Crippen LogP contribution < -0.4 is 0 Å². The summed E-state index contributed by atoms with van der Waals surface area (Å²) in [5.74, 6) is -3.69. The van der Waals surface area contributed by atoms with Gasteiger partial charge in [-0.3, -0.25) is 0 Å². The summed E-state index contributed by atoms with van der Waals surface area (Å²) in [4.78, 5) is 0. The van der Waals surface area contributed by atoms with Crippen molar-refractivity contribution in [3.63, 3.8) is 0 Å². The number of rotatable bonds is 34. The van der Waals surface area contributed by atoms with Crippen molar-refractivity contribution in [3.05, 3.63) is 0 Å². The quantitative estimate of drug-likeness (QED) is 0.0524. The second kappa shape index (κ2) is 26.3. The molecule has 0 N–H and O–H groups in total. The van der Waals surface area contributed by atoms with Crippen molar-refractivity contribution >= 4 is 0 Å². The van der Waals surface area contributed by atoms with Crippen LogP contribution in [0.1, 0.15) is 109 Å². The summed E-state index contributed by atoms with van der Waals surface area (Å²) >= 11 is 0. The molecule has 0 heterocycles. The molecule has 0 aromatic heterocycles. The highest BCUT2D eigenvalue weighted by Gasteiger charge is 2.43. The molecule has 0 amide bonds. The number of hydrogen-bond acceptors (Lipinski definition) is 12. The maximum atomic E-state index is 6.01. The van der Waals surface area contributed by atoms with E-state index in [1.54, 1.807) is 85.3 Å². The minimum absolute atomic E-state index is 0.222. The predicted molar refractivity (Wildman–Crippen MR) is 181 cm³/mol. The monoisotopic (exact) mass is 685 g/mol. The first-order valence-electron chi connectivity index (χ1n) is 17.2. The van der Waals surface area contributed by atoms with Crippen LogP contribution in [0.3, 0.4) is 0 Å². The maximum absolute atomic E-state index is 6.01. The molecule has 0 aliphatic heterocycles. The summed E-state index contributed by atoms with van der Waals surface area (Å²) in [6.45, 7) is 0. The van der Waals surface area contributed by atoms with E-state index in [0.29, 0.717) is 25.7 Å². The van der Waals surface area contributed by atoms with E-state index in [0.717, 1.165) is 83.5 Å². The van der Waals surface area contributed by atoms with Gasteiger partial charge in [0.05, 0.1) is 0 Å². The number of ether oxygens (including phenoxy) is 12. The first kappa shape index (κ1) is 46.5. The highest BCUT2D eigenvalue weighted by Crippen LogP contribution is 2.34. The molecule has 0 bridgehead atoms. The van der Waals surface area contributed by atoms with Crippen LogP contribution in [0.4, 0.5) is 0 Å². The van der Waals surface area contributed by atoms with E-state index < -0.39 is 23.5 Å². The normalized spacial score (nSPS) is 14.6. The van der Waals surface area contributed by atoms with E-state index in [1.807, 2.05) is 0 Å². The highest BCUT2D eigenvalue weighted by molar-refractivity contribution is 4.85. The minimum atomic E-state index is -0.960. The lowest BCUT2D eigenvalue weighted by Crippen LogP contribution is -2.49.